The number of carbonyl (C=O) groups excluding carboxylic acids is 3. The fourth-order valence-electron chi connectivity index (χ4n) is 4.50. The number of hydrogen-bond acceptors (Lipinski definition) is 6. The predicted molar refractivity (Wildman–Crippen MR) is 133 cm³/mol. The lowest BCUT2D eigenvalue weighted by Gasteiger charge is -2.34. The van der Waals surface area contributed by atoms with Crippen LogP contribution in [0.15, 0.2) is 36.4 Å². The van der Waals surface area contributed by atoms with Crippen LogP contribution in [0.5, 0.6) is 11.5 Å². The van der Waals surface area contributed by atoms with Crippen LogP contribution in [-0.2, 0) is 9.59 Å². The van der Waals surface area contributed by atoms with Crippen molar-refractivity contribution in [2.75, 3.05) is 44.3 Å². The molecule has 8 nitrogen and oxygen atoms in total. The topological polar surface area (TPSA) is 88.2 Å². The summed E-state index contributed by atoms with van der Waals surface area (Å²) in [6.45, 7) is 6.24. The smallest absolute Gasteiger partial charge is 0.265 e. The van der Waals surface area contributed by atoms with E-state index in [1.54, 1.807) is 32.0 Å². The minimum Gasteiger partial charge on any atom is -0.482 e. The summed E-state index contributed by atoms with van der Waals surface area (Å²) in [7, 11) is 0. The van der Waals surface area contributed by atoms with E-state index in [-0.39, 0.29) is 36.3 Å². The Labute approximate surface area is 210 Å². The summed E-state index contributed by atoms with van der Waals surface area (Å²) >= 11 is 0. The maximum absolute atomic E-state index is 14.0. The number of benzene rings is 2. The quantitative estimate of drug-likeness (QED) is 0.536. The van der Waals surface area contributed by atoms with Crippen molar-refractivity contribution in [1.29, 1.82) is 0 Å². The van der Waals surface area contributed by atoms with Crippen molar-refractivity contribution >= 4 is 23.3 Å². The van der Waals surface area contributed by atoms with E-state index in [1.807, 2.05) is 0 Å². The minimum absolute atomic E-state index is 0.00343. The van der Waals surface area contributed by atoms with Crippen molar-refractivity contribution in [2.45, 2.75) is 39.2 Å². The van der Waals surface area contributed by atoms with E-state index in [2.05, 4.69) is 10.2 Å². The first-order valence-electron chi connectivity index (χ1n) is 12.3. The lowest BCUT2D eigenvalue weighted by molar-refractivity contribution is -0.127. The largest absolute Gasteiger partial charge is 0.482 e. The first-order chi connectivity index (χ1) is 17.3. The Morgan fingerprint density at radius 1 is 1.14 bits per heavy atom. The fourth-order valence-corrected chi connectivity index (χ4v) is 4.50. The van der Waals surface area contributed by atoms with Crippen molar-refractivity contribution in [1.82, 2.24) is 10.2 Å². The first-order valence-corrected chi connectivity index (χ1v) is 12.3. The van der Waals surface area contributed by atoms with Crippen LogP contribution in [0.4, 0.5) is 10.1 Å². The van der Waals surface area contributed by atoms with Gasteiger partial charge in [0.2, 0.25) is 5.91 Å². The van der Waals surface area contributed by atoms with Gasteiger partial charge in [0.1, 0.15) is 11.8 Å². The number of halogens is 1. The second kappa shape index (κ2) is 11.5. The van der Waals surface area contributed by atoms with Gasteiger partial charge < -0.3 is 19.7 Å². The van der Waals surface area contributed by atoms with Gasteiger partial charge in [-0.2, -0.15) is 0 Å². The molecule has 2 heterocycles. The number of likely N-dealkylation sites (tertiary alicyclic amines) is 1. The lowest BCUT2D eigenvalue weighted by atomic mass is 10.1. The summed E-state index contributed by atoms with van der Waals surface area (Å²) in [5.74, 6) is -1.19. The van der Waals surface area contributed by atoms with Crippen LogP contribution in [0.1, 0.15) is 42.1 Å². The molecule has 0 unspecified atom stereocenters. The summed E-state index contributed by atoms with van der Waals surface area (Å²) in [5.41, 5.74) is 1.42. The zero-order chi connectivity index (χ0) is 25.7. The minimum atomic E-state index is -0.788. The van der Waals surface area contributed by atoms with Crippen LogP contribution < -0.4 is 19.7 Å². The third kappa shape index (κ3) is 6.02. The summed E-state index contributed by atoms with van der Waals surface area (Å²) in [5, 5.41) is 2.93. The number of rotatable bonds is 9. The number of nitrogens with zero attached hydrogens (tertiary/aromatic N) is 2. The zero-order valence-electron chi connectivity index (χ0n) is 20.7. The highest BCUT2D eigenvalue weighted by Gasteiger charge is 2.33. The normalized spacial score (nSPS) is 16.6. The van der Waals surface area contributed by atoms with Gasteiger partial charge in [-0.3, -0.25) is 19.3 Å². The van der Waals surface area contributed by atoms with Crippen molar-refractivity contribution in [3.63, 3.8) is 0 Å². The number of nitrogens with one attached hydrogen (secondary N) is 1. The Hall–Kier alpha value is -3.46. The molecule has 36 heavy (non-hydrogen) atoms. The van der Waals surface area contributed by atoms with Crippen LogP contribution in [0.2, 0.25) is 0 Å². The standard InChI is InChI=1S/C27H32FN3O5/c1-18-6-8-21(28)25(14-18)35-16-23(32)20-7-9-24-22(15-20)31(26(33)17-36-24)19(2)27(34)29-10-13-30-11-4-3-5-12-30/h6-9,14-15,19H,3-5,10-13,16-17H2,1-2H3,(H,29,34)/t19-/m0/s1. The number of anilines is 1. The molecule has 2 aliphatic heterocycles. The van der Waals surface area contributed by atoms with Gasteiger partial charge in [-0.25, -0.2) is 4.39 Å². The van der Waals surface area contributed by atoms with E-state index >= 15 is 0 Å². The fraction of sp³-hybridized carbons (Fsp3) is 0.444. The summed E-state index contributed by atoms with van der Waals surface area (Å²) < 4.78 is 24.9. The maximum atomic E-state index is 14.0. The first kappa shape index (κ1) is 25.6. The molecule has 4 rings (SSSR count). The molecule has 0 radical (unpaired) electrons. The number of carbonyl (C=O) groups is 3. The molecule has 0 aliphatic carbocycles. The third-order valence-corrected chi connectivity index (χ3v) is 6.55. The number of ketones is 1. The molecule has 0 spiro atoms. The van der Waals surface area contributed by atoms with Crippen LogP contribution in [0.25, 0.3) is 0 Å². The van der Waals surface area contributed by atoms with E-state index in [0.29, 0.717) is 18.0 Å². The molecule has 2 amide bonds. The highest BCUT2D eigenvalue weighted by Crippen LogP contribution is 2.34. The molecule has 1 saturated heterocycles. The molecular formula is C27H32FN3O5. The summed E-state index contributed by atoms with van der Waals surface area (Å²) in [6, 6.07) is 8.31. The van der Waals surface area contributed by atoms with Crippen molar-refractivity contribution in [3.05, 3.63) is 53.3 Å². The average Bonchev–Trinajstić information content (AvgIpc) is 2.88. The maximum Gasteiger partial charge on any atom is 0.265 e. The number of hydrogen-bond donors (Lipinski definition) is 1. The molecule has 2 aromatic carbocycles. The van der Waals surface area contributed by atoms with Crippen LogP contribution >= 0.6 is 0 Å². The molecule has 2 aliphatic rings. The van der Waals surface area contributed by atoms with Gasteiger partial charge in [0, 0.05) is 18.7 Å². The number of fused-ring (bicyclic) bond motifs is 1. The molecule has 1 atom stereocenters. The van der Waals surface area contributed by atoms with E-state index in [9.17, 15) is 18.8 Å². The lowest BCUT2D eigenvalue weighted by Crippen LogP contribution is -2.52. The average molecular weight is 498 g/mol. The Morgan fingerprint density at radius 3 is 2.69 bits per heavy atom. The van der Waals surface area contributed by atoms with E-state index in [4.69, 9.17) is 9.47 Å². The van der Waals surface area contributed by atoms with E-state index in [0.717, 1.165) is 25.2 Å². The Kier molecular flexibility index (Phi) is 8.20. The third-order valence-electron chi connectivity index (χ3n) is 6.55. The van der Waals surface area contributed by atoms with E-state index < -0.39 is 17.6 Å². The highest BCUT2D eigenvalue weighted by atomic mass is 19.1. The number of Topliss-reactive ketones (excluding diaryl/α,β-unsaturated/α-hetero) is 1. The second-order valence-electron chi connectivity index (χ2n) is 9.25. The van der Waals surface area contributed by atoms with Gasteiger partial charge in [-0.05, 0) is 75.7 Å². The van der Waals surface area contributed by atoms with Gasteiger partial charge in [0.15, 0.2) is 30.6 Å². The summed E-state index contributed by atoms with van der Waals surface area (Å²) in [6.07, 6.45) is 3.60. The predicted octanol–water partition coefficient (Wildman–Crippen LogP) is 3.11. The highest BCUT2D eigenvalue weighted by molar-refractivity contribution is 6.05. The van der Waals surface area contributed by atoms with Crippen molar-refractivity contribution in [2.24, 2.45) is 0 Å². The van der Waals surface area contributed by atoms with Crippen molar-refractivity contribution in [3.8, 4) is 11.5 Å². The molecule has 9 heteroatoms. The zero-order valence-corrected chi connectivity index (χ0v) is 20.7. The Morgan fingerprint density at radius 2 is 1.92 bits per heavy atom. The molecule has 1 N–H and O–H groups in total. The second-order valence-corrected chi connectivity index (χ2v) is 9.25. The molecule has 0 saturated carbocycles. The number of piperidine rings is 1. The number of ether oxygens (including phenoxy) is 2. The molecule has 1 fully saturated rings. The Bertz CT molecular complexity index is 1130. The number of amides is 2. The van der Waals surface area contributed by atoms with Crippen LogP contribution in [0.3, 0.4) is 0 Å². The molecule has 0 aromatic heterocycles. The van der Waals surface area contributed by atoms with Gasteiger partial charge in [-0.15, -0.1) is 0 Å². The molecule has 192 valence electrons. The molecule has 0 bridgehead atoms. The van der Waals surface area contributed by atoms with Crippen molar-refractivity contribution < 1.29 is 28.2 Å². The van der Waals surface area contributed by atoms with Crippen LogP contribution in [-0.4, -0.2) is 67.9 Å². The monoisotopic (exact) mass is 497 g/mol. The molecule has 2 aromatic rings. The van der Waals surface area contributed by atoms with E-state index in [1.165, 1.54) is 42.4 Å². The SMILES string of the molecule is Cc1ccc(F)c(OCC(=O)c2ccc3c(c2)N([C@@H](C)C(=O)NCCN2CCCCC2)C(=O)CO3)c1. The van der Waals surface area contributed by atoms with Crippen LogP contribution in [0, 0.1) is 12.7 Å². The summed E-state index contributed by atoms with van der Waals surface area (Å²) in [4.78, 5) is 42.1. The van der Waals surface area contributed by atoms with Gasteiger partial charge in [0.25, 0.3) is 5.91 Å². The molecular weight excluding hydrogens is 465 g/mol. The van der Waals surface area contributed by atoms with Gasteiger partial charge in [0.05, 0.1) is 5.69 Å². The van der Waals surface area contributed by atoms with Gasteiger partial charge >= 0.3 is 0 Å². The van der Waals surface area contributed by atoms with Gasteiger partial charge in [-0.1, -0.05) is 12.5 Å². The Balaban J connectivity index is 1.43. The number of aryl methyl sites for hydroxylation is 1.